The Bertz CT molecular complexity index is 616. The molecule has 0 aromatic carbocycles. The van der Waals surface area contributed by atoms with Gasteiger partial charge in [0.2, 0.25) is 17.8 Å². The maximum absolute atomic E-state index is 12.5. The molecule has 3 aliphatic heterocycles. The number of anilines is 1. The van der Waals surface area contributed by atoms with Gasteiger partial charge in [-0.25, -0.2) is 9.97 Å². The fraction of sp³-hybridized carbons (Fsp3) is 0.625. The van der Waals surface area contributed by atoms with E-state index in [-0.39, 0.29) is 17.7 Å². The zero-order valence-electron chi connectivity index (χ0n) is 13.6. The summed E-state index contributed by atoms with van der Waals surface area (Å²) in [6.07, 6.45) is 3.50. The molecule has 3 aliphatic rings. The second kappa shape index (κ2) is 6.35. The van der Waals surface area contributed by atoms with Gasteiger partial charge < -0.3 is 15.1 Å². The number of nitrogens with zero attached hydrogens (tertiary/aromatic N) is 5. The first-order valence-electron chi connectivity index (χ1n) is 8.50. The third-order valence-electron chi connectivity index (χ3n) is 5.24. The number of likely N-dealkylation sites (tertiary alicyclic amines) is 1. The molecule has 8 nitrogen and oxygen atoms in total. The first-order chi connectivity index (χ1) is 11.7. The molecule has 3 saturated heterocycles. The van der Waals surface area contributed by atoms with Crippen LogP contribution < -0.4 is 10.2 Å². The van der Waals surface area contributed by atoms with Crippen LogP contribution in [0.15, 0.2) is 18.5 Å². The number of amides is 2. The molecule has 4 rings (SSSR count). The lowest BCUT2D eigenvalue weighted by Gasteiger charge is -2.35. The summed E-state index contributed by atoms with van der Waals surface area (Å²) in [5, 5.41) is 2.88. The molecule has 24 heavy (non-hydrogen) atoms. The van der Waals surface area contributed by atoms with Crippen LogP contribution in [0, 0.1) is 11.8 Å². The molecule has 8 heteroatoms. The number of carbonyl (C=O) groups excluding carboxylic acids is 2. The van der Waals surface area contributed by atoms with Crippen LogP contribution in [0.5, 0.6) is 0 Å². The van der Waals surface area contributed by atoms with Gasteiger partial charge >= 0.3 is 0 Å². The minimum Gasteiger partial charge on any atom is -0.355 e. The van der Waals surface area contributed by atoms with Crippen LogP contribution >= 0.6 is 0 Å². The van der Waals surface area contributed by atoms with Crippen molar-refractivity contribution in [3.8, 4) is 0 Å². The molecule has 1 N–H and O–H groups in total. The quantitative estimate of drug-likeness (QED) is 0.750. The normalized spacial score (nSPS) is 27.2. The van der Waals surface area contributed by atoms with Crippen LogP contribution in [-0.4, -0.2) is 83.9 Å². The molecule has 128 valence electrons. The Hall–Kier alpha value is -2.22. The molecule has 1 aromatic heterocycles. The Morgan fingerprint density at radius 2 is 1.92 bits per heavy atom. The van der Waals surface area contributed by atoms with Gasteiger partial charge in [-0.1, -0.05) is 0 Å². The van der Waals surface area contributed by atoms with Gasteiger partial charge in [0.1, 0.15) is 0 Å². The molecule has 2 amide bonds. The van der Waals surface area contributed by atoms with Crippen LogP contribution in [-0.2, 0) is 9.59 Å². The van der Waals surface area contributed by atoms with Gasteiger partial charge in [0.15, 0.2) is 0 Å². The maximum atomic E-state index is 12.5. The van der Waals surface area contributed by atoms with Gasteiger partial charge in [-0.05, 0) is 6.07 Å². The van der Waals surface area contributed by atoms with Gasteiger partial charge in [0, 0.05) is 64.1 Å². The topological polar surface area (TPSA) is 81.7 Å². The van der Waals surface area contributed by atoms with Gasteiger partial charge in [0.25, 0.3) is 0 Å². The number of hydrogen-bond donors (Lipinski definition) is 1. The molecule has 1 aromatic rings. The van der Waals surface area contributed by atoms with Crippen LogP contribution in [0.4, 0.5) is 5.95 Å². The monoisotopic (exact) mass is 330 g/mol. The third kappa shape index (κ3) is 2.93. The molecule has 0 aliphatic carbocycles. The van der Waals surface area contributed by atoms with Crippen molar-refractivity contribution in [1.82, 2.24) is 25.1 Å². The fourth-order valence-corrected chi connectivity index (χ4v) is 3.79. The third-order valence-corrected chi connectivity index (χ3v) is 5.24. The van der Waals surface area contributed by atoms with E-state index in [4.69, 9.17) is 0 Å². The number of rotatable bonds is 3. The molecule has 0 radical (unpaired) electrons. The number of piperazine rings is 1. The van der Waals surface area contributed by atoms with Crippen molar-refractivity contribution >= 4 is 17.8 Å². The van der Waals surface area contributed by atoms with E-state index < -0.39 is 0 Å². The Balaban J connectivity index is 1.27. The van der Waals surface area contributed by atoms with Crippen molar-refractivity contribution in [1.29, 1.82) is 0 Å². The molecular weight excluding hydrogens is 308 g/mol. The molecular formula is C16H22N6O2. The molecule has 3 fully saturated rings. The molecule has 4 heterocycles. The van der Waals surface area contributed by atoms with Crippen molar-refractivity contribution in [2.45, 2.75) is 0 Å². The molecule has 0 spiro atoms. The maximum Gasteiger partial charge on any atom is 0.236 e. The molecule has 0 bridgehead atoms. The second-order valence-corrected chi connectivity index (χ2v) is 6.72. The lowest BCUT2D eigenvalue weighted by atomic mass is 10.0. The highest BCUT2D eigenvalue weighted by Crippen LogP contribution is 2.27. The van der Waals surface area contributed by atoms with Gasteiger partial charge in [0.05, 0.1) is 12.5 Å². The standard InChI is InChI=1S/C16H22N6O2/c23-14(22-9-12-8-19-15(24)13(12)10-22)11-20-4-6-21(7-5-20)16-17-2-1-3-18-16/h1-3,12-13H,4-11H2,(H,19,24)/t12-,13+/m0/s1. The minimum atomic E-state index is 0.000951. The summed E-state index contributed by atoms with van der Waals surface area (Å²) in [6, 6.07) is 1.81. The summed E-state index contributed by atoms with van der Waals surface area (Å²) in [7, 11) is 0. The highest BCUT2D eigenvalue weighted by Gasteiger charge is 2.43. The van der Waals surface area contributed by atoms with Gasteiger partial charge in [-0.3, -0.25) is 14.5 Å². The lowest BCUT2D eigenvalue weighted by Crippen LogP contribution is -2.50. The van der Waals surface area contributed by atoms with E-state index in [2.05, 4.69) is 25.1 Å². The van der Waals surface area contributed by atoms with E-state index in [1.54, 1.807) is 12.4 Å². The highest BCUT2D eigenvalue weighted by molar-refractivity contribution is 5.85. The zero-order valence-corrected chi connectivity index (χ0v) is 13.6. The van der Waals surface area contributed by atoms with E-state index in [0.717, 1.165) is 32.1 Å². The van der Waals surface area contributed by atoms with Gasteiger partial charge in [-0.2, -0.15) is 0 Å². The van der Waals surface area contributed by atoms with Crippen molar-refractivity contribution in [3.63, 3.8) is 0 Å². The largest absolute Gasteiger partial charge is 0.355 e. The molecule has 0 saturated carbocycles. The average Bonchev–Trinajstić information content (AvgIpc) is 3.19. The Morgan fingerprint density at radius 1 is 1.17 bits per heavy atom. The smallest absolute Gasteiger partial charge is 0.236 e. The van der Waals surface area contributed by atoms with Crippen molar-refractivity contribution < 1.29 is 9.59 Å². The Labute approximate surface area is 140 Å². The van der Waals surface area contributed by atoms with Crippen molar-refractivity contribution in [2.75, 3.05) is 57.3 Å². The van der Waals surface area contributed by atoms with Crippen molar-refractivity contribution in [3.05, 3.63) is 18.5 Å². The molecule has 2 atom stereocenters. The summed E-state index contributed by atoms with van der Waals surface area (Å²) >= 11 is 0. The summed E-state index contributed by atoms with van der Waals surface area (Å²) < 4.78 is 0. The van der Waals surface area contributed by atoms with E-state index >= 15 is 0 Å². The van der Waals surface area contributed by atoms with Crippen LogP contribution in [0.1, 0.15) is 0 Å². The average molecular weight is 330 g/mol. The van der Waals surface area contributed by atoms with Gasteiger partial charge in [-0.15, -0.1) is 0 Å². The van der Waals surface area contributed by atoms with Crippen LogP contribution in [0.3, 0.4) is 0 Å². The Kier molecular flexibility index (Phi) is 4.05. The SMILES string of the molecule is O=C1NC[C@H]2CN(C(=O)CN3CCN(c4ncccn4)CC3)C[C@@H]12. The fourth-order valence-electron chi connectivity index (χ4n) is 3.79. The summed E-state index contributed by atoms with van der Waals surface area (Å²) in [5.74, 6) is 1.30. The molecule has 0 unspecified atom stereocenters. The number of carbonyl (C=O) groups is 2. The van der Waals surface area contributed by atoms with E-state index in [0.29, 0.717) is 32.1 Å². The van der Waals surface area contributed by atoms with Crippen LogP contribution in [0.2, 0.25) is 0 Å². The highest BCUT2D eigenvalue weighted by atomic mass is 16.2. The number of aromatic nitrogens is 2. The minimum absolute atomic E-state index is 0.000951. The lowest BCUT2D eigenvalue weighted by molar-refractivity contribution is -0.132. The predicted molar refractivity (Wildman–Crippen MR) is 87.3 cm³/mol. The number of fused-ring (bicyclic) bond motifs is 1. The van der Waals surface area contributed by atoms with Crippen LogP contribution in [0.25, 0.3) is 0 Å². The predicted octanol–water partition coefficient (Wildman–Crippen LogP) is -1.20. The van der Waals surface area contributed by atoms with E-state index in [1.165, 1.54) is 0 Å². The first kappa shape index (κ1) is 15.3. The zero-order chi connectivity index (χ0) is 16.5. The number of nitrogens with one attached hydrogen (secondary N) is 1. The summed E-state index contributed by atoms with van der Waals surface area (Å²) in [6.45, 7) is 5.73. The summed E-state index contributed by atoms with van der Waals surface area (Å²) in [4.78, 5) is 39.0. The second-order valence-electron chi connectivity index (χ2n) is 6.72. The van der Waals surface area contributed by atoms with E-state index in [9.17, 15) is 9.59 Å². The van der Waals surface area contributed by atoms with Crippen molar-refractivity contribution in [2.24, 2.45) is 11.8 Å². The van der Waals surface area contributed by atoms with E-state index in [1.807, 2.05) is 11.0 Å². The summed E-state index contributed by atoms with van der Waals surface area (Å²) in [5.41, 5.74) is 0. The number of hydrogen-bond acceptors (Lipinski definition) is 6. The Morgan fingerprint density at radius 3 is 2.62 bits per heavy atom. The first-order valence-corrected chi connectivity index (χ1v) is 8.50.